The van der Waals surface area contributed by atoms with Crippen LogP contribution in [0.5, 0.6) is 0 Å². The first-order valence-electron chi connectivity index (χ1n) is 5.89. The van der Waals surface area contributed by atoms with E-state index in [1.807, 2.05) is 13.0 Å². The zero-order valence-electron chi connectivity index (χ0n) is 10.7. The summed E-state index contributed by atoms with van der Waals surface area (Å²) in [5, 5.41) is 15.1. The highest BCUT2D eigenvalue weighted by molar-refractivity contribution is 6.34. The van der Waals surface area contributed by atoms with E-state index in [1.165, 1.54) is 6.07 Å². The molecular weight excluding hydrogens is 299 g/mol. The minimum atomic E-state index is -0.402. The van der Waals surface area contributed by atoms with Crippen molar-refractivity contribution in [2.75, 3.05) is 5.32 Å². The number of nitrogens with one attached hydrogen (secondary N) is 1. The molecule has 0 fully saturated rings. The van der Waals surface area contributed by atoms with Gasteiger partial charge < -0.3 is 5.32 Å². The number of nitro benzene ring substituents is 1. The number of hydrogen-bond acceptors (Lipinski definition) is 3. The van der Waals surface area contributed by atoms with E-state index in [0.29, 0.717) is 22.3 Å². The van der Waals surface area contributed by atoms with Gasteiger partial charge in [0.05, 0.1) is 4.92 Å². The van der Waals surface area contributed by atoms with Gasteiger partial charge in [0.25, 0.3) is 5.69 Å². The van der Waals surface area contributed by atoms with E-state index in [4.69, 9.17) is 23.2 Å². The number of benzene rings is 2. The van der Waals surface area contributed by atoms with Gasteiger partial charge in [0, 0.05) is 22.7 Å². The number of halogens is 2. The van der Waals surface area contributed by atoms with Crippen LogP contribution >= 0.6 is 23.2 Å². The molecule has 0 aliphatic heterocycles. The normalized spacial score (nSPS) is 10.3. The second-order valence-corrected chi connectivity index (χ2v) is 5.28. The molecule has 104 valence electrons. The van der Waals surface area contributed by atoms with Crippen molar-refractivity contribution in [2.45, 2.75) is 13.5 Å². The Morgan fingerprint density at radius 1 is 1.15 bits per heavy atom. The highest BCUT2D eigenvalue weighted by Gasteiger charge is 2.13. The first kappa shape index (κ1) is 14.6. The van der Waals surface area contributed by atoms with Crippen LogP contribution in [0.25, 0.3) is 0 Å². The fourth-order valence-electron chi connectivity index (χ4n) is 1.85. The molecule has 0 atom stereocenters. The molecule has 0 saturated heterocycles. The molecule has 0 aromatic heterocycles. The lowest BCUT2D eigenvalue weighted by Crippen LogP contribution is -2.03. The molecule has 0 heterocycles. The van der Waals surface area contributed by atoms with Crippen LogP contribution in [0.3, 0.4) is 0 Å². The summed E-state index contributed by atoms with van der Waals surface area (Å²) in [5.41, 5.74) is 2.22. The average Bonchev–Trinajstić information content (AvgIpc) is 2.36. The molecule has 0 aliphatic rings. The highest BCUT2D eigenvalue weighted by Crippen LogP contribution is 2.26. The van der Waals surface area contributed by atoms with Crippen LogP contribution in [-0.4, -0.2) is 4.92 Å². The molecule has 0 saturated carbocycles. The van der Waals surface area contributed by atoms with E-state index in [2.05, 4.69) is 5.32 Å². The van der Waals surface area contributed by atoms with E-state index in [-0.39, 0.29) is 5.69 Å². The first-order valence-corrected chi connectivity index (χ1v) is 6.65. The topological polar surface area (TPSA) is 55.2 Å². The monoisotopic (exact) mass is 310 g/mol. The Labute approximate surface area is 126 Å². The van der Waals surface area contributed by atoms with E-state index in [1.54, 1.807) is 24.3 Å². The fourth-order valence-corrected chi connectivity index (χ4v) is 2.42. The molecule has 20 heavy (non-hydrogen) atoms. The second kappa shape index (κ2) is 6.11. The summed E-state index contributed by atoms with van der Waals surface area (Å²) >= 11 is 11.8. The third-order valence-electron chi connectivity index (χ3n) is 2.76. The van der Waals surface area contributed by atoms with Gasteiger partial charge in [-0.25, -0.2) is 0 Å². The number of aryl methyl sites for hydroxylation is 1. The molecule has 0 spiro atoms. The van der Waals surface area contributed by atoms with E-state index in [9.17, 15) is 10.1 Å². The van der Waals surface area contributed by atoms with Gasteiger partial charge in [-0.2, -0.15) is 0 Å². The molecule has 0 amide bonds. The Kier molecular flexibility index (Phi) is 4.47. The third kappa shape index (κ3) is 3.62. The standard InChI is InChI=1S/C14H12Cl2N2O2/c1-9-2-3-13(14(4-9)18(19)20)17-8-10-5-11(15)7-12(16)6-10/h2-7,17H,8H2,1H3. The predicted molar refractivity (Wildman–Crippen MR) is 81.6 cm³/mol. The highest BCUT2D eigenvalue weighted by atomic mass is 35.5. The lowest BCUT2D eigenvalue weighted by atomic mass is 10.1. The smallest absolute Gasteiger partial charge is 0.292 e. The van der Waals surface area contributed by atoms with E-state index < -0.39 is 4.92 Å². The molecule has 2 aromatic carbocycles. The fraction of sp³-hybridized carbons (Fsp3) is 0.143. The van der Waals surface area contributed by atoms with Crippen molar-refractivity contribution in [3.8, 4) is 0 Å². The Balaban J connectivity index is 2.20. The van der Waals surface area contributed by atoms with Crippen LogP contribution in [0.15, 0.2) is 36.4 Å². The van der Waals surface area contributed by atoms with Gasteiger partial charge in [-0.1, -0.05) is 29.3 Å². The summed E-state index contributed by atoms with van der Waals surface area (Å²) in [6, 6.07) is 10.2. The minimum absolute atomic E-state index is 0.0538. The molecule has 0 aliphatic carbocycles. The zero-order chi connectivity index (χ0) is 14.7. The van der Waals surface area contributed by atoms with Gasteiger partial charge in [-0.05, 0) is 42.3 Å². The largest absolute Gasteiger partial charge is 0.375 e. The van der Waals surface area contributed by atoms with Crippen molar-refractivity contribution in [2.24, 2.45) is 0 Å². The van der Waals surface area contributed by atoms with E-state index in [0.717, 1.165) is 11.1 Å². The second-order valence-electron chi connectivity index (χ2n) is 4.41. The number of nitro groups is 1. The number of anilines is 1. The Morgan fingerprint density at radius 3 is 2.40 bits per heavy atom. The SMILES string of the molecule is Cc1ccc(NCc2cc(Cl)cc(Cl)c2)c([N+](=O)[O-])c1. The van der Waals surface area contributed by atoms with Crippen molar-refractivity contribution < 1.29 is 4.92 Å². The predicted octanol–water partition coefficient (Wildman–Crippen LogP) is 4.82. The van der Waals surface area contributed by atoms with Crippen LogP contribution in [0, 0.1) is 17.0 Å². The number of rotatable bonds is 4. The summed E-state index contributed by atoms with van der Waals surface area (Å²) in [5.74, 6) is 0. The minimum Gasteiger partial charge on any atom is -0.375 e. The van der Waals surface area contributed by atoms with Gasteiger partial charge in [0.2, 0.25) is 0 Å². The van der Waals surface area contributed by atoms with Crippen LogP contribution in [0.1, 0.15) is 11.1 Å². The number of nitrogens with zero attached hydrogens (tertiary/aromatic N) is 1. The Hall–Kier alpha value is -1.78. The van der Waals surface area contributed by atoms with Gasteiger partial charge in [0.15, 0.2) is 0 Å². The molecule has 0 radical (unpaired) electrons. The molecule has 6 heteroatoms. The first-order chi connectivity index (χ1) is 9.45. The maximum absolute atomic E-state index is 11.0. The van der Waals surface area contributed by atoms with Gasteiger partial charge >= 0.3 is 0 Å². The molecule has 4 nitrogen and oxygen atoms in total. The van der Waals surface area contributed by atoms with Gasteiger partial charge in [-0.15, -0.1) is 0 Å². The van der Waals surface area contributed by atoms with Crippen LogP contribution in [-0.2, 0) is 6.54 Å². The van der Waals surface area contributed by atoms with Crippen LogP contribution < -0.4 is 5.32 Å². The zero-order valence-corrected chi connectivity index (χ0v) is 12.2. The Bertz CT molecular complexity index is 639. The van der Waals surface area contributed by atoms with Crippen molar-refractivity contribution in [1.29, 1.82) is 0 Å². The van der Waals surface area contributed by atoms with Crippen LogP contribution in [0.4, 0.5) is 11.4 Å². The molecule has 1 N–H and O–H groups in total. The summed E-state index contributed by atoms with van der Waals surface area (Å²) in [6.45, 7) is 2.22. The van der Waals surface area contributed by atoms with Gasteiger partial charge in [-0.3, -0.25) is 10.1 Å². The quantitative estimate of drug-likeness (QED) is 0.650. The third-order valence-corrected chi connectivity index (χ3v) is 3.19. The van der Waals surface area contributed by atoms with E-state index >= 15 is 0 Å². The molecule has 2 aromatic rings. The molecular formula is C14H12Cl2N2O2. The maximum atomic E-state index is 11.0. The average molecular weight is 311 g/mol. The van der Waals surface area contributed by atoms with Crippen molar-refractivity contribution >= 4 is 34.6 Å². The summed E-state index contributed by atoms with van der Waals surface area (Å²) in [6.07, 6.45) is 0. The molecule has 2 rings (SSSR count). The lowest BCUT2D eigenvalue weighted by Gasteiger charge is -2.08. The van der Waals surface area contributed by atoms with Crippen LogP contribution in [0.2, 0.25) is 10.0 Å². The lowest BCUT2D eigenvalue weighted by molar-refractivity contribution is -0.384. The summed E-state index contributed by atoms with van der Waals surface area (Å²) in [4.78, 5) is 10.6. The summed E-state index contributed by atoms with van der Waals surface area (Å²) < 4.78 is 0. The van der Waals surface area contributed by atoms with Crippen molar-refractivity contribution in [3.63, 3.8) is 0 Å². The Morgan fingerprint density at radius 2 is 1.80 bits per heavy atom. The molecule has 0 bridgehead atoms. The van der Waals surface area contributed by atoms with Crippen molar-refractivity contribution in [1.82, 2.24) is 0 Å². The van der Waals surface area contributed by atoms with Gasteiger partial charge in [0.1, 0.15) is 5.69 Å². The molecule has 0 unspecified atom stereocenters. The van der Waals surface area contributed by atoms with Crippen molar-refractivity contribution in [3.05, 3.63) is 67.7 Å². The number of hydrogen-bond donors (Lipinski definition) is 1. The maximum Gasteiger partial charge on any atom is 0.292 e. The summed E-state index contributed by atoms with van der Waals surface area (Å²) in [7, 11) is 0.